The number of carboxylic acid groups (broad SMARTS) is 2. The van der Waals surface area contributed by atoms with Crippen LogP contribution in [0.2, 0.25) is 0 Å². The lowest BCUT2D eigenvalue weighted by Gasteiger charge is -2.21. The van der Waals surface area contributed by atoms with Crippen molar-refractivity contribution in [2.45, 2.75) is 12.8 Å². The Kier molecular flexibility index (Phi) is 6.73. The molecule has 1 aromatic rings. The molecular weight excluding hydrogens is 278 g/mol. The van der Waals surface area contributed by atoms with E-state index in [1.807, 2.05) is 0 Å². The Bertz CT molecular complexity index is 469. The van der Waals surface area contributed by atoms with E-state index in [2.05, 4.69) is 0 Å². The van der Waals surface area contributed by atoms with Gasteiger partial charge in [-0.2, -0.15) is 0 Å². The molecule has 0 aliphatic rings. The highest BCUT2D eigenvalue weighted by molar-refractivity contribution is 5.79. The first-order chi connectivity index (χ1) is 9.99. The van der Waals surface area contributed by atoms with Crippen LogP contribution in [0.3, 0.4) is 0 Å². The minimum atomic E-state index is -1.05. The number of aliphatic carboxylic acids is 2. The van der Waals surface area contributed by atoms with Crippen LogP contribution in [0.15, 0.2) is 30.3 Å². The van der Waals surface area contributed by atoms with Gasteiger partial charge in [-0.3, -0.25) is 14.4 Å². The molecule has 0 heterocycles. The molecule has 0 atom stereocenters. The maximum Gasteiger partial charge on any atom is 0.305 e. The Balaban J connectivity index is 2.52. The summed E-state index contributed by atoms with van der Waals surface area (Å²) in [4.78, 5) is 34.3. The number of para-hydroxylation sites is 1. The van der Waals surface area contributed by atoms with E-state index in [-0.39, 0.29) is 32.5 Å². The average molecular weight is 295 g/mol. The van der Waals surface area contributed by atoms with Crippen molar-refractivity contribution in [3.63, 3.8) is 0 Å². The number of ether oxygens (including phenoxy) is 1. The third-order valence-electron chi connectivity index (χ3n) is 2.65. The van der Waals surface area contributed by atoms with Gasteiger partial charge in [-0.05, 0) is 12.1 Å². The van der Waals surface area contributed by atoms with Crippen LogP contribution in [-0.2, 0) is 14.4 Å². The van der Waals surface area contributed by atoms with Crippen LogP contribution in [0.5, 0.6) is 5.75 Å². The largest absolute Gasteiger partial charge is 0.484 e. The van der Waals surface area contributed by atoms with Gasteiger partial charge in [0.25, 0.3) is 5.91 Å². The summed E-state index contributed by atoms with van der Waals surface area (Å²) in [6, 6.07) is 8.69. The number of amides is 1. The van der Waals surface area contributed by atoms with Crippen molar-refractivity contribution in [3.8, 4) is 5.75 Å². The molecule has 0 aromatic heterocycles. The number of carbonyl (C=O) groups is 3. The first-order valence-corrected chi connectivity index (χ1v) is 6.38. The summed E-state index contributed by atoms with van der Waals surface area (Å²) in [6.07, 6.45) is -0.479. The van der Waals surface area contributed by atoms with E-state index in [1.54, 1.807) is 30.3 Å². The Labute approximate surface area is 121 Å². The molecule has 1 amide bonds. The molecule has 2 N–H and O–H groups in total. The first kappa shape index (κ1) is 16.5. The van der Waals surface area contributed by atoms with Crippen molar-refractivity contribution in [3.05, 3.63) is 30.3 Å². The smallest absolute Gasteiger partial charge is 0.305 e. The number of rotatable bonds is 9. The molecule has 1 rings (SSSR count). The van der Waals surface area contributed by atoms with Crippen LogP contribution in [0.25, 0.3) is 0 Å². The van der Waals surface area contributed by atoms with E-state index in [9.17, 15) is 14.4 Å². The molecule has 114 valence electrons. The van der Waals surface area contributed by atoms with E-state index < -0.39 is 17.8 Å². The average Bonchev–Trinajstić information content (AvgIpc) is 2.45. The van der Waals surface area contributed by atoms with Gasteiger partial charge < -0.3 is 19.8 Å². The van der Waals surface area contributed by atoms with Gasteiger partial charge in [0.05, 0.1) is 12.8 Å². The molecule has 0 unspecified atom stereocenters. The zero-order valence-electron chi connectivity index (χ0n) is 11.4. The Hall–Kier alpha value is -2.57. The summed E-state index contributed by atoms with van der Waals surface area (Å²) in [6.45, 7) is -0.345. The number of benzene rings is 1. The summed E-state index contributed by atoms with van der Waals surface area (Å²) in [5.41, 5.74) is 0. The second-order valence-electron chi connectivity index (χ2n) is 4.27. The van der Waals surface area contributed by atoms with E-state index in [4.69, 9.17) is 14.9 Å². The van der Waals surface area contributed by atoms with Crippen LogP contribution >= 0.6 is 0 Å². The van der Waals surface area contributed by atoms with Gasteiger partial charge in [-0.25, -0.2) is 0 Å². The Morgan fingerprint density at radius 2 is 1.48 bits per heavy atom. The van der Waals surface area contributed by atoms with Crippen molar-refractivity contribution >= 4 is 17.8 Å². The molecule has 0 bridgehead atoms. The molecule has 7 nitrogen and oxygen atoms in total. The Morgan fingerprint density at radius 3 is 1.95 bits per heavy atom. The van der Waals surface area contributed by atoms with Crippen LogP contribution in [-0.4, -0.2) is 52.7 Å². The van der Waals surface area contributed by atoms with Gasteiger partial charge in [0, 0.05) is 13.1 Å². The summed E-state index contributed by atoms with van der Waals surface area (Å²) >= 11 is 0. The van der Waals surface area contributed by atoms with Crippen LogP contribution < -0.4 is 4.74 Å². The predicted octanol–water partition coefficient (Wildman–Crippen LogP) is 0.843. The van der Waals surface area contributed by atoms with Gasteiger partial charge in [-0.15, -0.1) is 0 Å². The molecule has 0 saturated heterocycles. The van der Waals surface area contributed by atoms with Crippen molar-refractivity contribution in [2.75, 3.05) is 19.7 Å². The first-order valence-electron chi connectivity index (χ1n) is 6.38. The number of nitrogens with zero attached hydrogens (tertiary/aromatic N) is 1. The molecule has 0 aliphatic carbocycles. The highest BCUT2D eigenvalue weighted by Gasteiger charge is 2.16. The third kappa shape index (κ3) is 6.95. The van der Waals surface area contributed by atoms with Gasteiger partial charge in [0.2, 0.25) is 0 Å². The lowest BCUT2D eigenvalue weighted by Crippen LogP contribution is -2.38. The molecule has 0 spiro atoms. The quantitative estimate of drug-likeness (QED) is 0.699. The van der Waals surface area contributed by atoms with E-state index in [0.717, 1.165) is 0 Å². The van der Waals surface area contributed by atoms with E-state index in [1.165, 1.54) is 4.90 Å². The lowest BCUT2D eigenvalue weighted by atomic mass is 10.3. The summed E-state index contributed by atoms with van der Waals surface area (Å²) in [5, 5.41) is 17.3. The van der Waals surface area contributed by atoms with Gasteiger partial charge in [0.15, 0.2) is 6.61 Å². The van der Waals surface area contributed by atoms with Crippen molar-refractivity contribution in [1.82, 2.24) is 4.90 Å². The molecule has 1 aromatic carbocycles. The summed E-state index contributed by atoms with van der Waals surface area (Å²) < 4.78 is 5.28. The predicted molar refractivity (Wildman–Crippen MR) is 73.0 cm³/mol. The minimum Gasteiger partial charge on any atom is -0.484 e. The number of hydrogen-bond acceptors (Lipinski definition) is 4. The third-order valence-corrected chi connectivity index (χ3v) is 2.65. The van der Waals surface area contributed by atoms with Crippen molar-refractivity contribution in [1.29, 1.82) is 0 Å². The second kappa shape index (κ2) is 8.57. The van der Waals surface area contributed by atoms with E-state index in [0.29, 0.717) is 5.75 Å². The number of hydrogen-bond donors (Lipinski definition) is 2. The lowest BCUT2D eigenvalue weighted by molar-refractivity contribution is -0.140. The van der Waals surface area contributed by atoms with Gasteiger partial charge in [-0.1, -0.05) is 18.2 Å². The molecule has 0 aliphatic heterocycles. The molecule has 0 radical (unpaired) electrons. The van der Waals surface area contributed by atoms with Crippen LogP contribution in [0, 0.1) is 0 Å². The standard InChI is InChI=1S/C14H17NO6/c16-12(10-21-11-4-2-1-3-5-11)15(8-6-13(17)18)9-7-14(19)20/h1-5H,6-10H2,(H,17,18)(H,19,20). The minimum absolute atomic E-state index is 0.0421. The fourth-order valence-electron chi connectivity index (χ4n) is 1.58. The normalized spacial score (nSPS) is 9.90. The van der Waals surface area contributed by atoms with Crippen LogP contribution in [0.1, 0.15) is 12.8 Å². The van der Waals surface area contributed by atoms with E-state index >= 15 is 0 Å². The zero-order chi connectivity index (χ0) is 15.7. The molecular formula is C14H17NO6. The maximum absolute atomic E-state index is 12.0. The zero-order valence-corrected chi connectivity index (χ0v) is 11.4. The van der Waals surface area contributed by atoms with Crippen molar-refractivity contribution < 1.29 is 29.3 Å². The fourth-order valence-corrected chi connectivity index (χ4v) is 1.58. The molecule has 21 heavy (non-hydrogen) atoms. The monoisotopic (exact) mass is 295 g/mol. The summed E-state index contributed by atoms with van der Waals surface area (Å²) in [5.74, 6) is -2.03. The summed E-state index contributed by atoms with van der Waals surface area (Å²) in [7, 11) is 0. The highest BCUT2D eigenvalue weighted by atomic mass is 16.5. The topological polar surface area (TPSA) is 104 Å². The van der Waals surface area contributed by atoms with Crippen LogP contribution in [0.4, 0.5) is 0 Å². The fraction of sp³-hybridized carbons (Fsp3) is 0.357. The molecule has 0 saturated carbocycles. The number of carbonyl (C=O) groups excluding carboxylic acids is 1. The highest BCUT2D eigenvalue weighted by Crippen LogP contribution is 2.08. The maximum atomic E-state index is 12.0. The SMILES string of the molecule is O=C(O)CCN(CCC(=O)O)C(=O)COc1ccccc1. The molecule has 0 fully saturated rings. The van der Waals surface area contributed by atoms with Crippen molar-refractivity contribution in [2.24, 2.45) is 0 Å². The Morgan fingerprint density at radius 1 is 0.952 bits per heavy atom. The molecule has 7 heteroatoms. The van der Waals surface area contributed by atoms with Gasteiger partial charge >= 0.3 is 11.9 Å². The number of carboxylic acids is 2. The second-order valence-corrected chi connectivity index (χ2v) is 4.27. The van der Waals surface area contributed by atoms with Gasteiger partial charge in [0.1, 0.15) is 5.75 Å².